The highest BCUT2D eigenvalue weighted by atomic mass is 16.5. The number of hydrogen-bond acceptors (Lipinski definition) is 4. The Hall–Kier alpha value is -1.72. The monoisotopic (exact) mass is 316 g/mol. The van der Waals surface area contributed by atoms with Gasteiger partial charge < -0.3 is 14.4 Å². The van der Waals surface area contributed by atoms with Crippen LogP contribution in [0.5, 0.6) is 0 Å². The summed E-state index contributed by atoms with van der Waals surface area (Å²) in [5, 5.41) is 0. The molecule has 0 bridgehead atoms. The predicted molar refractivity (Wildman–Crippen MR) is 87.2 cm³/mol. The van der Waals surface area contributed by atoms with Crippen molar-refractivity contribution in [3.8, 4) is 0 Å². The maximum Gasteiger partial charge on any atom is 0.272 e. The highest BCUT2D eigenvalue weighted by molar-refractivity contribution is 5.92. The average Bonchev–Trinajstić information content (AvgIpc) is 2.61. The number of ether oxygens (including phenoxy) is 2. The lowest BCUT2D eigenvalue weighted by Crippen LogP contribution is -2.58. The van der Waals surface area contributed by atoms with Crippen molar-refractivity contribution in [2.45, 2.75) is 25.4 Å². The summed E-state index contributed by atoms with van der Waals surface area (Å²) < 4.78 is 11.8. The van der Waals surface area contributed by atoms with Gasteiger partial charge >= 0.3 is 0 Å². The minimum Gasteiger partial charge on any atom is -0.377 e. The van der Waals surface area contributed by atoms with Crippen LogP contribution >= 0.6 is 0 Å². The molecule has 23 heavy (non-hydrogen) atoms. The number of carbonyl (C=O) groups is 1. The first-order chi connectivity index (χ1) is 11.2. The highest BCUT2D eigenvalue weighted by Gasteiger charge is 2.47. The van der Waals surface area contributed by atoms with Gasteiger partial charge in [0.05, 0.1) is 19.3 Å². The fourth-order valence-electron chi connectivity index (χ4n) is 3.67. The summed E-state index contributed by atoms with van der Waals surface area (Å²) in [5.41, 5.74) is 0.397. The zero-order valence-corrected chi connectivity index (χ0v) is 13.4. The van der Waals surface area contributed by atoms with E-state index in [-0.39, 0.29) is 17.4 Å². The predicted octanol–water partition coefficient (Wildman–Crippen LogP) is 2.30. The molecule has 2 atom stereocenters. The third-order valence-corrected chi connectivity index (χ3v) is 4.78. The van der Waals surface area contributed by atoms with Gasteiger partial charge in [-0.15, -0.1) is 6.58 Å². The fraction of sp³-hybridized carbons (Fsp3) is 0.556. The van der Waals surface area contributed by atoms with Crippen molar-refractivity contribution < 1.29 is 14.3 Å². The number of rotatable bonds is 5. The maximum atomic E-state index is 12.7. The molecule has 0 aliphatic carbocycles. The molecule has 3 heterocycles. The van der Waals surface area contributed by atoms with Crippen LogP contribution in [0.2, 0.25) is 0 Å². The second-order valence-electron chi connectivity index (χ2n) is 6.36. The molecule has 1 aromatic rings. The Balaban J connectivity index is 1.75. The van der Waals surface area contributed by atoms with E-state index in [2.05, 4.69) is 11.6 Å². The Morgan fingerprint density at radius 3 is 3.26 bits per heavy atom. The summed E-state index contributed by atoms with van der Waals surface area (Å²) in [6.45, 7) is 7.03. The van der Waals surface area contributed by atoms with Gasteiger partial charge in [0.15, 0.2) is 0 Å². The quantitative estimate of drug-likeness (QED) is 0.618. The first-order valence-corrected chi connectivity index (χ1v) is 8.26. The van der Waals surface area contributed by atoms with E-state index in [1.807, 2.05) is 17.0 Å². The van der Waals surface area contributed by atoms with E-state index in [0.29, 0.717) is 32.0 Å². The molecule has 2 fully saturated rings. The molecule has 2 aliphatic rings. The number of likely N-dealkylation sites (tertiary alicyclic amines) is 1. The van der Waals surface area contributed by atoms with Gasteiger partial charge in [-0.05, 0) is 31.4 Å². The van der Waals surface area contributed by atoms with E-state index in [1.54, 1.807) is 18.3 Å². The normalized spacial score (nSPS) is 27.3. The number of hydrogen-bond donors (Lipinski definition) is 0. The van der Waals surface area contributed by atoms with E-state index in [9.17, 15) is 4.79 Å². The molecular weight excluding hydrogens is 292 g/mol. The summed E-state index contributed by atoms with van der Waals surface area (Å²) in [7, 11) is 0. The standard InChI is InChI=1S/C18H24N2O3/c1-2-11-22-14-18-8-5-12-23-16(18)7-10-20(13-18)17(21)15-6-3-4-9-19-15/h2-4,6,9,16H,1,5,7-8,10-14H2. The van der Waals surface area contributed by atoms with Crippen molar-refractivity contribution in [1.29, 1.82) is 0 Å². The van der Waals surface area contributed by atoms with Crippen LogP contribution in [0.15, 0.2) is 37.1 Å². The Kier molecular flexibility index (Phi) is 5.08. The molecule has 2 aliphatic heterocycles. The lowest BCUT2D eigenvalue weighted by molar-refractivity contribution is -0.144. The van der Waals surface area contributed by atoms with E-state index in [4.69, 9.17) is 9.47 Å². The number of piperidine rings is 1. The summed E-state index contributed by atoms with van der Waals surface area (Å²) in [5.74, 6) is -0.00211. The zero-order chi connectivity index (χ0) is 16.1. The van der Waals surface area contributed by atoms with Crippen LogP contribution in [0, 0.1) is 5.41 Å². The third-order valence-electron chi connectivity index (χ3n) is 4.78. The molecule has 0 N–H and O–H groups in total. The Labute approximate surface area is 137 Å². The van der Waals surface area contributed by atoms with Crippen LogP contribution < -0.4 is 0 Å². The van der Waals surface area contributed by atoms with Crippen LogP contribution in [-0.4, -0.2) is 54.8 Å². The Morgan fingerprint density at radius 1 is 1.57 bits per heavy atom. The summed E-state index contributed by atoms with van der Waals surface area (Å²) >= 11 is 0. The minimum atomic E-state index is -0.107. The van der Waals surface area contributed by atoms with Gasteiger partial charge in [-0.3, -0.25) is 9.78 Å². The lowest BCUT2D eigenvalue weighted by Gasteiger charge is -2.50. The molecule has 2 saturated heterocycles. The van der Waals surface area contributed by atoms with Gasteiger partial charge in [0.2, 0.25) is 0 Å². The molecule has 124 valence electrons. The van der Waals surface area contributed by atoms with E-state index < -0.39 is 0 Å². The number of amides is 1. The van der Waals surface area contributed by atoms with Crippen molar-refractivity contribution in [3.63, 3.8) is 0 Å². The van der Waals surface area contributed by atoms with Gasteiger partial charge in [-0.1, -0.05) is 12.1 Å². The molecule has 0 saturated carbocycles. The molecule has 5 heteroatoms. The van der Waals surface area contributed by atoms with Crippen molar-refractivity contribution in [2.75, 3.05) is 32.9 Å². The van der Waals surface area contributed by atoms with Crippen LogP contribution in [0.1, 0.15) is 29.8 Å². The molecule has 0 aromatic carbocycles. The smallest absolute Gasteiger partial charge is 0.272 e. The summed E-state index contributed by atoms with van der Waals surface area (Å²) in [6.07, 6.45) is 6.49. The first-order valence-electron chi connectivity index (χ1n) is 8.26. The van der Waals surface area contributed by atoms with Crippen LogP contribution in [0.4, 0.5) is 0 Å². The molecule has 2 unspecified atom stereocenters. The molecular formula is C18H24N2O3. The molecule has 0 spiro atoms. The average molecular weight is 316 g/mol. The van der Waals surface area contributed by atoms with E-state index >= 15 is 0 Å². The van der Waals surface area contributed by atoms with Crippen molar-refractivity contribution >= 4 is 5.91 Å². The molecule has 5 nitrogen and oxygen atoms in total. The SMILES string of the molecule is C=CCOCC12CCCOC1CCN(C(=O)c1ccccn1)C2. The molecule has 3 rings (SSSR count). The van der Waals surface area contributed by atoms with Crippen molar-refractivity contribution in [1.82, 2.24) is 9.88 Å². The van der Waals surface area contributed by atoms with E-state index in [1.165, 1.54) is 0 Å². The lowest BCUT2D eigenvalue weighted by atomic mass is 9.73. The Morgan fingerprint density at radius 2 is 2.48 bits per heavy atom. The van der Waals surface area contributed by atoms with Crippen LogP contribution in [0.3, 0.4) is 0 Å². The summed E-state index contributed by atoms with van der Waals surface area (Å²) in [6, 6.07) is 5.44. The second kappa shape index (κ2) is 7.23. The second-order valence-corrected chi connectivity index (χ2v) is 6.36. The van der Waals surface area contributed by atoms with Gasteiger partial charge in [0.1, 0.15) is 5.69 Å². The van der Waals surface area contributed by atoms with E-state index in [0.717, 1.165) is 25.9 Å². The number of carbonyl (C=O) groups excluding carboxylic acids is 1. The highest BCUT2D eigenvalue weighted by Crippen LogP contribution is 2.40. The van der Waals surface area contributed by atoms with Gasteiger partial charge in [0, 0.05) is 31.3 Å². The molecule has 1 aromatic heterocycles. The molecule has 1 amide bonds. The van der Waals surface area contributed by atoms with Gasteiger partial charge in [0.25, 0.3) is 5.91 Å². The van der Waals surface area contributed by atoms with Crippen molar-refractivity contribution in [3.05, 3.63) is 42.7 Å². The largest absolute Gasteiger partial charge is 0.377 e. The topological polar surface area (TPSA) is 51.7 Å². The minimum absolute atomic E-state index is 0.00211. The number of fused-ring (bicyclic) bond motifs is 1. The maximum absolute atomic E-state index is 12.7. The fourth-order valence-corrected chi connectivity index (χ4v) is 3.67. The summed E-state index contributed by atoms with van der Waals surface area (Å²) in [4.78, 5) is 18.8. The van der Waals surface area contributed by atoms with Crippen molar-refractivity contribution in [2.24, 2.45) is 5.41 Å². The van der Waals surface area contributed by atoms with Crippen LogP contribution in [0.25, 0.3) is 0 Å². The first kappa shape index (κ1) is 16.1. The third kappa shape index (κ3) is 3.46. The number of pyridine rings is 1. The van der Waals surface area contributed by atoms with Gasteiger partial charge in [-0.2, -0.15) is 0 Å². The zero-order valence-electron chi connectivity index (χ0n) is 13.4. The molecule has 0 radical (unpaired) electrons. The van der Waals surface area contributed by atoms with Crippen LogP contribution in [-0.2, 0) is 9.47 Å². The number of aromatic nitrogens is 1. The number of nitrogens with zero attached hydrogens (tertiary/aromatic N) is 2. The Bertz CT molecular complexity index is 548. The van der Waals surface area contributed by atoms with Gasteiger partial charge in [-0.25, -0.2) is 0 Å².